The van der Waals surface area contributed by atoms with Crippen molar-refractivity contribution in [1.82, 2.24) is 15.5 Å². The van der Waals surface area contributed by atoms with Crippen LogP contribution in [-0.2, 0) is 26.3 Å². The van der Waals surface area contributed by atoms with Crippen molar-refractivity contribution in [3.8, 4) is 5.75 Å². The summed E-state index contributed by atoms with van der Waals surface area (Å²) >= 11 is 0. The predicted octanol–water partition coefficient (Wildman–Crippen LogP) is 3.42. The van der Waals surface area contributed by atoms with Crippen molar-refractivity contribution < 1.29 is 28.7 Å². The van der Waals surface area contributed by atoms with Gasteiger partial charge < -0.3 is 25.0 Å². The molecule has 1 heterocycles. The van der Waals surface area contributed by atoms with Crippen molar-refractivity contribution in [2.45, 2.75) is 46.6 Å². The van der Waals surface area contributed by atoms with Crippen molar-refractivity contribution in [2.75, 3.05) is 27.3 Å². The number of hydrogen-bond acceptors (Lipinski definition) is 7. The van der Waals surface area contributed by atoms with Crippen LogP contribution >= 0.6 is 0 Å². The van der Waals surface area contributed by atoms with Crippen LogP contribution in [0.15, 0.2) is 36.0 Å². The number of esters is 1. The number of amides is 2. The van der Waals surface area contributed by atoms with E-state index in [9.17, 15) is 19.2 Å². The van der Waals surface area contributed by atoms with E-state index in [0.29, 0.717) is 41.2 Å². The number of Topliss-reactive ketones (excluding diaryl/α,β-unsaturated/α-hetero) is 1. The molecule has 0 bridgehead atoms. The molecule has 3 N–H and O–H groups in total. The molecule has 2 aromatic carbocycles. The fourth-order valence-electron chi connectivity index (χ4n) is 4.52. The summed E-state index contributed by atoms with van der Waals surface area (Å²) in [6.07, 6.45) is 1.54. The molecule has 2 amide bonds. The van der Waals surface area contributed by atoms with Gasteiger partial charge in [-0.05, 0) is 53.3 Å². The molecular formula is C30H36N4O6. The van der Waals surface area contributed by atoms with Gasteiger partial charge in [-0.1, -0.05) is 32.9 Å². The first-order valence-corrected chi connectivity index (χ1v) is 12.9. The first kappa shape index (κ1) is 30.1. The second-order valence-electron chi connectivity index (χ2n) is 10.4. The molecule has 0 saturated carbocycles. The van der Waals surface area contributed by atoms with E-state index in [-0.39, 0.29) is 29.8 Å². The lowest BCUT2D eigenvalue weighted by Crippen LogP contribution is -2.30. The standard InChI is InChI=1S/C30H36N4O6/c1-8-40-26-13-20-15-34(27(31)21(20)14-22(26)28(37)32-6)16-25(36)19-10-9-18(23(11-19)30(3,4)5)12-24(29(38)39-7)33-17(2)35/h9-14,31H,8,15-16H2,1-7H3,(H,32,37)(H,33,35)/b24-12+,31-27?. The maximum absolute atomic E-state index is 13.4. The highest BCUT2D eigenvalue weighted by atomic mass is 16.5. The van der Waals surface area contributed by atoms with Crippen LogP contribution in [0.2, 0.25) is 0 Å². The zero-order valence-electron chi connectivity index (χ0n) is 24.0. The minimum Gasteiger partial charge on any atom is -0.493 e. The third-order valence-electron chi connectivity index (χ3n) is 6.44. The molecule has 0 radical (unpaired) electrons. The van der Waals surface area contributed by atoms with Gasteiger partial charge in [-0.15, -0.1) is 0 Å². The lowest BCUT2D eigenvalue weighted by Gasteiger charge is -2.24. The van der Waals surface area contributed by atoms with Gasteiger partial charge in [0.15, 0.2) is 5.78 Å². The van der Waals surface area contributed by atoms with E-state index >= 15 is 0 Å². The predicted molar refractivity (Wildman–Crippen MR) is 152 cm³/mol. The van der Waals surface area contributed by atoms with Crippen molar-refractivity contribution in [1.29, 1.82) is 5.41 Å². The molecule has 3 rings (SSSR count). The summed E-state index contributed by atoms with van der Waals surface area (Å²) in [5.41, 5.74) is 3.21. The maximum Gasteiger partial charge on any atom is 0.354 e. The zero-order chi connectivity index (χ0) is 29.8. The largest absolute Gasteiger partial charge is 0.493 e. The molecule has 2 aromatic rings. The molecule has 10 nitrogen and oxygen atoms in total. The Balaban J connectivity index is 1.92. The van der Waals surface area contributed by atoms with Crippen molar-refractivity contribution in [3.63, 3.8) is 0 Å². The number of rotatable bonds is 9. The van der Waals surface area contributed by atoms with Gasteiger partial charge in [-0.3, -0.25) is 19.8 Å². The maximum atomic E-state index is 13.4. The highest BCUT2D eigenvalue weighted by Crippen LogP contribution is 2.32. The Hall–Kier alpha value is -4.47. The lowest BCUT2D eigenvalue weighted by molar-refractivity contribution is -0.137. The average molecular weight is 549 g/mol. The van der Waals surface area contributed by atoms with Crippen LogP contribution < -0.4 is 15.4 Å². The van der Waals surface area contributed by atoms with Crippen molar-refractivity contribution in [3.05, 3.63) is 69.4 Å². The van der Waals surface area contributed by atoms with Gasteiger partial charge in [0.05, 0.1) is 25.8 Å². The summed E-state index contributed by atoms with van der Waals surface area (Å²) in [4.78, 5) is 51.3. The third-order valence-corrected chi connectivity index (χ3v) is 6.44. The minimum absolute atomic E-state index is 0.00889. The Labute approximate surface area is 234 Å². The molecule has 0 aliphatic carbocycles. The average Bonchev–Trinajstić information content (AvgIpc) is 3.19. The van der Waals surface area contributed by atoms with Crippen LogP contribution in [-0.4, -0.2) is 61.6 Å². The molecule has 0 saturated heterocycles. The van der Waals surface area contributed by atoms with Crippen LogP contribution in [0, 0.1) is 5.41 Å². The number of benzene rings is 2. The van der Waals surface area contributed by atoms with Crippen LogP contribution in [0.25, 0.3) is 6.08 Å². The summed E-state index contributed by atoms with van der Waals surface area (Å²) in [7, 11) is 2.76. The van der Waals surface area contributed by atoms with Gasteiger partial charge in [0, 0.05) is 31.6 Å². The summed E-state index contributed by atoms with van der Waals surface area (Å²) in [5.74, 6) is -1.01. The van der Waals surface area contributed by atoms with Gasteiger partial charge in [-0.2, -0.15) is 0 Å². The van der Waals surface area contributed by atoms with E-state index in [4.69, 9.17) is 14.9 Å². The highest BCUT2D eigenvalue weighted by molar-refractivity contribution is 6.07. The van der Waals surface area contributed by atoms with E-state index in [1.165, 1.54) is 27.2 Å². The van der Waals surface area contributed by atoms with E-state index < -0.39 is 17.3 Å². The number of ketones is 1. The SMILES string of the molecule is CCOc1cc2c(cc1C(=O)NC)C(=N)N(CC(=O)c1ccc(/C=C(/NC(C)=O)C(=O)OC)c(C(C)(C)C)c1)C2. The van der Waals surface area contributed by atoms with Crippen LogP contribution in [0.4, 0.5) is 0 Å². The van der Waals surface area contributed by atoms with Gasteiger partial charge >= 0.3 is 5.97 Å². The second kappa shape index (κ2) is 12.1. The number of hydrogen-bond donors (Lipinski definition) is 3. The lowest BCUT2D eigenvalue weighted by atomic mass is 9.82. The number of carbonyl (C=O) groups excluding carboxylic acids is 4. The zero-order valence-corrected chi connectivity index (χ0v) is 24.0. The van der Waals surface area contributed by atoms with Gasteiger partial charge in [0.25, 0.3) is 5.91 Å². The van der Waals surface area contributed by atoms with Crippen molar-refractivity contribution in [2.24, 2.45) is 0 Å². The quantitative estimate of drug-likeness (QED) is 0.248. The third kappa shape index (κ3) is 6.56. The summed E-state index contributed by atoms with van der Waals surface area (Å²) in [6, 6.07) is 8.57. The Morgan fingerprint density at radius 1 is 1.12 bits per heavy atom. The number of nitrogens with one attached hydrogen (secondary N) is 3. The number of nitrogens with zero attached hydrogens (tertiary/aromatic N) is 1. The van der Waals surface area contributed by atoms with Crippen LogP contribution in [0.3, 0.4) is 0 Å². The molecule has 212 valence electrons. The van der Waals surface area contributed by atoms with Gasteiger partial charge in [0.1, 0.15) is 17.3 Å². The van der Waals surface area contributed by atoms with Gasteiger partial charge in [-0.25, -0.2) is 4.79 Å². The number of amidine groups is 1. The normalized spacial score (nSPS) is 13.0. The summed E-state index contributed by atoms with van der Waals surface area (Å²) in [6.45, 7) is 9.76. The Kier molecular flexibility index (Phi) is 9.13. The smallest absolute Gasteiger partial charge is 0.354 e. The Bertz CT molecular complexity index is 1400. The minimum atomic E-state index is -0.686. The molecule has 0 fully saturated rings. The monoisotopic (exact) mass is 548 g/mol. The topological polar surface area (TPSA) is 138 Å². The van der Waals surface area contributed by atoms with Gasteiger partial charge in [0.2, 0.25) is 5.91 Å². The number of methoxy groups -OCH3 is 1. The fraction of sp³-hybridized carbons (Fsp3) is 0.367. The molecule has 10 heteroatoms. The molecule has 40 heavy (non-hydrogen) atoms. The van der Waals surface area contributed by atoms with Crippen molar-refractivity contribution >= 4 is 35.5 Å². The first-order valence-electron chi connectivity index (χ1n) is 12.9. The molecule has 0 spiro atoms. The molecular weight excluding hydrogens is 512 g/mol. The molecule has 0 atom stereocenters. The molecule has 1 aliphatic heterocycles. The molecule has 0 aromatic heterocycles. The Morgan fingerprint density at radius 2 is 1.82 bits per heavy atom. The molecule has 1 aliphatic rings. The molecule has 0 unspecified atom stereocenters. The number of ether oxygens (including phenoxy) is 2. The second-order valence-corrected chi connectivity index (χ2v) is 10.4. The summed E-state index contributed by atoms with van der Waals surface area (Å²) in [5, 5.41) is 13.8. The number of carbonyl (C=O) groups is 4. The van der Waals surface area contributed by atoms with E-state index in [0.717, 1.165) is 11.1 Å². The highest BCUT2D eigenvalue weighted by Gasteiger charge is 2.30. The van der Waals surface area contributed by atoms with E-state index in [2.05, 4.69) is 10.6 Å². The first-order chi connectivity index (χ1) is 18.8. The number of fused-ring (bicyclic) bond motifs is 1. The Morgan fingerprint density at radius 3 is 2.40 bits per heavy atom. The summed E-state index contributed by atoms with van der Waals surface area (Å²) < 4.78 is 10.5. The fourth-order valence-corrected chi connectivity index (χ4v) is 4.52. The van der Waals surface area contributed by atoms with Crippen LogP contribution in [0.1, 0.15) is 77.6 Å². The van der Waals surface area contributed by atoms with E-state index in [1.54, 1.807) is 35.2 Å². The van der Waals surface area contributed by atoms with Crippen LogP contribution in [0.5, 0.6) is 5.75 Å². The van der Waals surface area contributed by atoms with E-state index in [1.807, 2.05) is 27.7 Å².